The molecule has 0 bridgehead atoms. The number of thiocarbonyl (C=S) groups is 1. The molecule has 1 saturated heterocycles. The molecule has 2 atom stereocenters. The van der Waals surface area contributed by atoms with Crippen molar-refractivity contribution in [3.05, 3.63) is 29.8 Å². The predicted octanol–water partition coefficient (Wildman–Crippen LogP) is 3.09. The van der Waals surface area contributed by atoms with Crippen molar-refractivity contribution < 1.29 is 0 Å². The maximum absolute atomic E-state index is 5.85. The fraction of sp³-hybridized carbons (Fsp3) is 0.533. The first-order chi connectivity index (χ1) is 8.77. The number of fused-ring (bicyclic) bond motifs is 1. The van der Waals surface area contributed by atoms with E-state index in [1.54, 1.807) is 0 Å². The Hall–Kier alpha value is -1.09. The van der Waals surface area contributed by atoms with Crippen LogP contribution >= 0.6 is 12.2 Å². The first-order valence-corrected chi connectivity index (χ1v) is 7.33. The minimum Gasteiger partial charge on any atom is -0.389 e. The Morgan fingerprint density at radius 1 is 1.17 bits per heavy atom. The maximum atomic E-state index is 5.85. The third-order valence-electron chi connectivity index (χ3n) is 4.49. The number of anilines is 1. The van der Waals surface area contributed by atoms with Gasteiger partial charge in [-0.05, 0) is 37.3 Å². The van der Waals surface area contributed by atoms with Crippen molar-refractivity contribution in [2.45, 2.75) is 38.1 Å². The lowest BCUT2D eigenvalue weighted by Crippen LogP contribution is -2.35. The molecule has 2 N–H and O–H groups in total. The summed E-state index contributed by atoms with van der Waals surface area (Å²) < 4.78 is 0. The topological polar surface area (TPSA) is 29.3 Å². The van der Waals surface area contributed by atoms with E-state index in [-0.39, 0.29) is 0 Å². The van der Waals surface area contributed by atoms with Gasteiger partial charge < -0.3 is 10.6 Å². The molecular formula is C15H20N2S. The van der Waals surface area contributed by atoms with Crippen LogP contribution in [0.25, 0.3) is 0 Å². The SMILES string of the molecule is NC(=S)c1ccccc1N1CCC2CCCCC21. The first kappa shape index (κ1) is 12.0. The van der Waals surface area contributed by atoms with Gasteiger partial charge in [-0.1, -0.05) is 37.2 Å². The van der Waals surface area contributed by atoms with Gasteiger partial charge in [0.1, 0.15) is 4.99 Å². The van der Waals surface area contributed by atoms with E-state index < -0.39 is 0 Å². The van der Waals surface area contributed by atoms with Crippen molar-refractivity contribution in [1.29, 1.82) is 0 Å². The van der Waals surface area contributed by atoms with E-state index in [0.29, 0.717) is 11.0 Å². The van der Waals surface area contributed by atoms with Gasteiger partial charge in [-0.2, -0.15) is 0 Å². The van der Waals surface area contributed by atoms with Crippen molar-refractivity contribution in [2.24, 2.45) is 11.7 Å². The van der Waals surface area contributed by atoms with Gasteiger partial charge in [0.15, 0.2) is 0 Å². The number of benzene rings is 1. The van der Waals surface area contributed by atoms with Gasteiger partial charge >= 0.3 is 0 Å². The quantitative estimate of drug-likeness (QED) is 0.829. The Morgan fingerprint density at radius 3 is 2.78 bits per heavy atom. The van der Waals surface area contributed by atoms with Crippen LogP contribution in [0.15, 0.2) is 24.3 Å². The normalized spacial score (nSPS) is 27.0. The van der Waals surface area contributed by atoms with E-state index in [1.165, 1.54) is 37.8 Å². The Kier molecular flexibility index (Phi) is 3.25. The summed E-state index contributed by atoms with van der Waals surface area (Å²) in [6.07, 6.45) is 6.84. The Morgan fingerprint density at radius 2 is 1.94 bits per heavy atom. The molecule has 2 unspecified atom stereocenters. The molecule has 0 radical (unpaired) electrons. The van der Waals surface area contributed by atoms with Crippen LogP contribution in [0, 0.1) is 5.92 Å². The summed E-state index contributed by atoms with van der Waals surface area (Å²) >= 11 is 5.18. The zero-order chi connectivity index (χ0) is 12.5. The summed E-state index contributed by atoms with van der Waals surface area (Å²) in [5.41, 5.74) is 8.14. The van der Waals surface area contributed by atoms with E-state index in [0.717, 1.165) is 18.0 Å². The summed E-state index contributed by atoms with van der Waals surface area (Å²) in [6.45, 7) is 1.16. The summed E-state index contributed by atoms with van der Waals surface area (Å²) in [7, 11) is 0. The van der Waals surface area contributed by atoms with Crippen LogP contribution in [0.4, 0.5) is 5.69 Å². The minimum absolute atomic E-state index is 0.518. The number of nitrogens with zero attached hydrogens (tertiary/aromatic N) is 1. The Labute approximate surface area is 114 Å². The molecule has 0 spiro atoms. The number of hydrogen-bond donors (Lipinski definition) is 1. The minimum atomic E-state index is 0.518. The Bertz CT molecular complexity index is 458. The standard InChI is InChI=1S/C15H20N2S/c16-15(18)12-6-2-4-8-14(12)17-10-9-11-5-1-3-7-13(11)17/h2,4,6,8,11,13H,1,3,5,7,9-10H2,(H2,16,18). The van der Waals surface area contributed by atoms with Crippen molar-refractivity contribution in [2.75, 3.05) is 11.4 Å². The lowest BCUT2D eigenvalue weighted by Gasteiger charge is -2.34. The molecule has 1 aliphatic carbocycles. The molecule has 2 nitrogen and oxygen atoms in total. The van der Waals surface area contributed by atoms with Crippen LogP contribution < -0.4 is 10.6 Å². The average Bonchev–Trinajstić information content (AvgIpc) is 2.82. The van der Waals surface area contributed by atoms with Crippen LogP contribution in [0.2, 0.25) is 0 Å². The second kappa shape index (κ2) is 4.88. The molecule has 2 aliphatic rings. The van der Waals surface area contributed by atoms with Gasteiger partial charge in [0.05, 0.1) is 0 Å². The van der Waals surface area contributed by atoms with Gasteiger partial charge in [-0.15, -0.1) is 0 Å². The molecule has 1 heterocycles. The predicted molar refractivity (Wildman–Crippen MR) is 80.0 cm³/mol. The molecule has 96 valence electrons. The summed E-state index contributed by atoms with van der Waals surface area (Å²) in [4.78, 5) is 3.07. The number of hydrogen-bond acceptors (Lipinski definition) is 2. The highest BCUT2D eigenvalue weighted by molar-refractivity contribution is 7.80. The van der Waals surface area contributed by atoms with Gasteiger partial charge in [-0.3, -0.25) is 0 Å². The summed E-state index contributed by atoms with van der Waals surface area (Å²) in [6, 6.07) is 9.05. The fourth-order valence-electron chi connectivity index (χ4n) is 3.64. The van der Waals surface area contributed by atoms with Crippen LogP contribution in [0.3, 0.4) is 0 Å². The lowest BCUT2D eigenvalue weighted by atomic mass is 9.85. The second-order valence-electron chi connectivity index (χ2n) is 5.48. The average molecular weight is 260 g/mol. The number of rotatable bonds is 2. The first-order valence-electron chi connectivity index (χ1n) is 6.93. The van der Waals surface area contributed by atoms with Gasteiger partial charge in [-0.25, -0.2) is 0 Å². The molecule has 1 saturated carbocycles. The molecule has 0 aromatic heterocycles. The van der Waals surface area contributed by atoms with Crippen LogP contribution in [0.5, 0.6) is 0 Å². The lowest BCUT2D eigenvalue weighted by molar-refractivity contribution is 0.342. The van der Waals surface area contributed by atoms with Crippen molar-refractivity contribution in [1.82, 2.24) is 0 Å². The third-order valence-corrected chi connectivity index (χ3v) is 4.71. The van der Waals surface area contributed by atoms with E-state index in [1.807, 2.05) is 12.1 Å². The largest absolute Gasteiger partial charge is 0.389 e. The van der Waals surface area contributed by atoms with E-state index in [4.69, 9.17) is 18.0 Å². The van der Waals surface area contributed by atoms with Gasteiger partial charge in [0, 0.05) is 23.8 Å². The molecule has 18 heavy (non-hydrogen) atoms. The third kappa shape index (κ3) is 2.01. The zero-order valence-electron chi connectivity index (χ0n) is 10.6. The molecule has 2 fully saturated rings. The van der Waals surface area contributed by atoms with E-state index in [2.05, 4.69) is 17.0 Å². The molecule has 3 rings (SSSR count). The highest BCUT2D eigenvalue weighted by atomic mass is 32.1. The molecule has 0 amide bonds. The number of para-hydroxylation sites is 1. The van der Waals surface area contributed by atoms with E-state index >= 15 is 0 Å². The zero-order valence-corrected chi connectivity index (χ0v) is 11.5. The van der Waals surface area contributed by atoms with Crippen molar-refractivity contribution in [3.8, 4) is 0 Å². The highest BCUT2D eigenvalue weighted by Gasteiger charge is 2.36. The van der Waals surface area contributed by atoms with Gasteiger partial charge in [0.25, 0.3) is 0 Å². The maximum Gasteiger partial charge on any atom is 0.106 e. The van der Waals surface area contributed by atoms with Gasteiger partial charge in [0.2, 0.25) is 0 Å². The molecule has 1 aromatic rings. The van der Waals surface area contributed by atoms with Crippen LogP contribution in [-0.4, -0.2) is 17.6 Å². The molecule has 1 aromatic carbocycles. The van der Waals surface area contributed by atoms with Crippen LogP contribution in [-0.2, 0) is 0 Å². The Balaban J connectivity index is 1.93. The molecule has 1 aliphatic heterocycles. The van der Waals surface area contributed by atoms with Crippen molar-refractivity contribution in [3.63, 3.8) is 0 Å². The molecule has 3 heteroatoms. The molecular weight excluding hydrogens is 240 g/mol. The van der Waals surface area contributed by atoms with Crippen molar-refractivity contribution >= 4 is 22.9 Å². The highest BCUT2D eigenvalue weighted by Crippen LogP contribution is 2.39. The summed E-state index contributed by atoms with van der Waals surface area (Å²) in [5.74, 6) is 0.887. The smallest absolute Gasteiger partial charge is 0.106 e. The van der Waals surface area contributed by atoms with E-state index in [9.17, 15) is 0 Å². The fourth-order valence-corrected chi connectivity index (χ4v) is 3.81. The van der Waals surface area contributed by atoms with Crippen LogP contribution in [0.1, 0.15) is 37.7 Å². The second-order valence-corrected chi connectivity index (χ2v) is 5.92. The summed E-state index contributed by atoms with van der Waals surface area (Å²) in [5, 5.41) is 0. The number of nitrogens with two attached hydrogens (primary N) is 1. The monoisotopic (exact) mass is 260 g/mol.